The lowest BCUT2D eigenvalue weighted by atomic mass is 9.91. The summed E-state index contributed by atoms with van der Waals surface area (Å²) in [5, 5.41) is 19.1. The standard InChI is InChI=1S/C17H20N2O2/c1-17(2,12-18)9-10-19-11-13(7-8-16(20)21)14-5-3-4-6-15(14)19/h3-6,11H,7-10H2,1-2H3,(H,20,21). The van der Waals surface area contributed by atoms with Gasteiger partial charge in [0, 0.05) is 30.1 Å². The third-order valence-electron chi connectivity index (χ3n) is 3.76. The average Bonchev–Trinajstić information content (AvgIpc) is 2.81. The predicted octanol–water partition coefficient (Wildman–Crippen LogP) is 3.60. The highest BCUT2D eigenvalue weighted by atomic mass is 16.4. The summed E-state index contributed by atoms with van der Waals surface area (Å²) < 4.78 is 2.13. The molecule has 4 heteroatoms. The first-order valence-electron chi connectivity index (χ1n) is 7.13. The van der Waals surface area contributed by atoms with Crippen LogP contribution in [0.15, 0.2) is 30.5 Å². The quantitative estimate of drug-likeness (QED) is 0.881. The second-order valence-electron chi connectivity index (χ2n) is 6.00. The lowest BCUT2D eigenvalue weighted by Crippen LogP contribution is -2.11. The molecule has 0 bridgehead atoms. The van der Waals surface area contributed by atoms with Crippen molar-refractivity contribution < 1.29 is 9.90 Å². The third kappa shape index (κ3) is 3.63. The molecule has 1 aromatic heterocycles. The van der Waals surface area contributed by atoms with Gasteiger partial charge in [-0.15, -0.1) is 0 Å². The van der Waals surface area contributed by atoms with Crippen molar-refractivity contribution in [2.75, 3.05) is 0 Å². The summed E-state index contributed by atoms with van der Waals surface area (Å²) >= 11 is 0. The Morgan fingerprint density at radius 2 is 2.10 bits per heavy atom. The van der Waals surface area contributed by atoms with Gasteiger partial charge < -0.3 is 9.67 Å². The molecule has 1 N–H and O–H groups in total. The Kier molecular flexibility index (Phi) is 4.32. The number of aliphatic carboxylic acids is 1. The molecule has 0 aliphatic rings. The Morgan fingerprint density at radius 1 is 1.38 bits per heavy atom. The molecule has 0 radical (unpaired) electrons. The highest BCUT2D eigenvalue weighted by molar-refractivity contribution is 5.84. The van der Waals surface area contributed by atoms with Gasteiger partial charge in [0.25, 0.3) is 0 Å². The average molecular weight is 284 g/mol. The maximum Gasteiger partial charge on any atom is 0.303 e. The molecule has 2 rings (SSSR count). The predicted molar refractivity (Wildman–Crippen MR) is 81.9 cm³/mol. The van der Waals surface area contributed by atoms with E-state index in [2.05, 4.69) is 10.6 Å². The van der Waals surface area contributed by atoms with Crippen LogP contribution >= 0.6 is 0 Å². The summed E-state index contributed by atoms with van der Waals surface area (Å²) in [5.74, 6) is -0.780. The van der Waals surface area contributed by atoms with Gasteiger partial charge in [-0.05, 0) is 38.3 Å². The molecule has 2 aromatic rings. The zero-order valence-corrected chi connectivity index (χ0v) is 12.5. The number of carboxylic acid groups (broad SMARTS) is 1. The monoisotopic (exact) mass is 284 g/mol. The van der Waals surface area contributed by atoms with Crippen molar-refractivity contribution in [3.05, 3.63) is 36.0 Å². The minimum Gasteiger partial charge on any atom is -0.481 e. The van der Waals surface area contributed by atoms with Crippen molar-refractivity contribution in [1.29, 1.82) is 5.26 Å². The molecule has 1 aromatic carbocycles. The van der Waals surface area contributed by atoms with Gasteiger partial charge in [0.15, 0.2) is 0 Å². The maximum atomic E-state index is 10.8. The topological polar surface area (TPSA) is 66.0 Å². The largest absolute Gasteiger partial charge is 0.481 e. The van der Waals surface area contributed by atoms with Gasteiger partial charge >= 0.3 is 5.97 Å². The van der Waals surface area contributed by atoms with E-state index in [1.807, 2.05) is 44.3 Å². The summed E-state index contributed by atoms with van der Waals surface area (Å²) in [7, 11) is 0. The van der Waals surface area contributed by atoms with Crippen LogP contribution in [-0.4, -0.2) is 15.6 Å². The number of nitrogens with zero attached hydrogens (tertiary/aromatic N) is 2. The van der Waals surface area contributed by atoms with E-state index < -0.39 is 5.97 Å². The number of carbonyl (C=O) groups is 1. The van der Waals surface area contributed by atoms with E-state index in [0.717, 1.165) is 29.4 Å². The number of rotatable bonds is 6. The fourth-order valence-corrected chi connectivity index (χ4v) is 2.40. The molecule has 110 valence electrons. The van der Waals surface area contributed by atoms with Crippen molar-refractivity contribution >= 4 is 16.9 Å². The van der Waals surface area contributed by atoms with Crippen LogP contribution in [0.4, 0.5) is 0 Å². The first-order valence-corrected chi connectivity index (χ1v) is 7.13. The molecule has 0 saturated carbocycles. The number of aromatic nitrogens is 1. The van der Waals surface area contributed by atoms with Crippen LogP contribution in [0.2, 0.25) is 0 Å². The van der Waals surface area contributed by atoms with E-state index in [1.165, 1.54) is 0 Å². The molecule has 0 spiro atoms. The molecule has 4 nitrogen and oxygen atoms in total. The van der Waals surface area contributed by atoms with E-state index in [-0.39, 0.29) is 11.8 Å². The van der Waals surface area contributed by atoms with Gasteiger partial charge in [0.2, 0.25) is 0 Å². The van der Waals surface area contributed by atoms with E-state index in [1.54, 1.807) is 0 Å². The summed E-state index contributed by atoms with van der Waals surface area (Å²) in [6, 6.07) is 10.3. The maximum absolute atomic E-state index is 10.8. The first-order chi connectivity index (χ1) is 9.93. The lowest BCUT2D eigenvalue weighted by Gasteiger charge is -2.15. The number of benzene rings is 1. The van der Waals surface area contributed by atoms with E-state index in [9.17, 15) is 4.79 Å². The van der Waals surface area contributed by atoms with Gasteiger partial charge in [-0.3, -0.25) is 4.79 Å². The van der Waals surface area contributed by atoms with Crippen LogP contribution in [0.1, 0.15) is 32.3 Å². The van der Waals surface area contributed by atoms with Gasteiger partial charge in [-0.2, -0.15) is 5.26 Å². The number of fused-ring (bicyclic) bond motifs is 1. The van der Waals surface area contributed by atoms with Crippen molar-refractivity contribution in [2.24, 2.45) is 5.41 Å². The Hall–Kier alpha value is -2.28. The van der Waals surface area contributed by atoms with E-state index in [0.29, 0.717) is 6.42 Å². The zero-order valence-electron chi connectivity index (χ0n) is 12.5. The Labute approximate surface area is 124 Å². The summed E-state index contributed by atoms with van der Waals surface area (Å²) in [6.45, 7) is 4.63. The van der Waals surface area contributed by atoms with Gasteiger partial charge in [0.1, 0.15) is 0 Å². The number of para-hydroxylation sites is 1. The normalized spacial score (nSPS) is 11.5. The summed E-state index contributed by atoms with van der Waals surface area (Å²) in [5.41, 5.74) is 1.81. The molecule has 0 aliphatic carbocycles. The molecule has 1 heterocycles. The molecule has 0 atom stereocenters. The minimum absolute atomic E-state index is 0.137. The van der Waals surface area contributed by atoms with Crippen LogP contribution in [0.5, 0.6) is 0 Å². The second-order valence-corrected chi connectivity index (χ2v) is 6.00. The molecule has 0 saturated heterocycles. The molecular formula is C17H20N2O2. The molecule has 21 heavy (non-hydrogen) atoms. The summed E-state index contributed by atoms with van der Waals surface area (Å²) in [6.07, 6.45) is 3.46. The van der Waals surface area contributed by atoms with E-state index in [4.69, 9.17) is 10.4 Å². The highest BCUT2D eigenvalue weighted by Gasteiger charge is 2.17. The second kappa shape index (κ2) is 6.01. The van der Waals surface area contributed by atoms with Crippen molar-refractivity contribution in [1.82, 2.24) is 4.57 Å². The van der Waals surface area contributed by atoms with Crippen LogP contribution in [0.25, 0.3) is 10.9 Å². The lowest BCUT2D eigenvalue weighted by molar-refractivity contribution is -0.136. The van der Waals surface area contributed by atoms with Gasteiger partial charge in [-0.1, -0.05) is 18.2 Å². The number of hydrogen-bond donors (Lipinski definition) is 1. The first kappa shape index (κ1) is 15.1. The van der Waals surface area contributed by atoms with Crippen LogP contribution in [-0.2, 0) is 17.8 Å². The Bertz CT molecular complexity index is 692. The number of hydrogen-bond acceptors (Lipinski definition) is 2. The summed E-state index contributed by atoms with van der Waals surface area (Å²) in [4.78, 5) is 10.8. The molecule has 0 unspecified atom stereocenters. The highest BCUT2D eigenvalue weighted by Crippen LogP contribution is 2.26. The van der Waals surface area contributed by atoms with Crippen molar-refractivity contribution in [2.45, 2.75) is 39.7 Å². The molecule has 0 aliphatic heterocycles. The van der Waals surface area contributed by atoms with Gasteiger partial charge in [-0.25, -0.2) is 0 Å². The Morgan fingerprint density at radius 3 is 2.76 bits per heavy atom. The molecule has 0 fully saturated rings. The molecular weight excluding hydrogens is 264 g/mol. The molecule has 0 amide bonds. The Balaban J connectivity index is 2.28. The zero-order chi connectivity index (χ0) is 15.5. The van der Waals surface area contributed by atoms with Gasteiger partial charge in [0.05, 0.1) is 11.5 Å². The number of aryl methyl sites for hydroxylation is 2. The minimum atomic E-state index is -0.780. The van der Waals surface area contributed by atoms with Crippen molar-refractivity contribution in [3.63, 3.8) is 0 Å². The fourth-order valence-electron chi connectivity index (χ4n) is 2.40. The number of nitriles is 1. The fraction of sp³-hybridized carbons (Fsp3) is 0.412. The SMILES string of the molecule is CC(C)(C#N)CCn1cc(CCC(=O)O)c2ccccc21. The van der Waals surface area contributed by atoms with Crippen LogP contribution in [0, 0.1) is 16.7 Å². The van der Waals surface area contributed by atoms with Crippen LogP contribution < -0.4 is 0 Å². The third-order valence-corrected chi connectivity index (χ3v) is 3.76. The smallest absolute Gasteiger partial charge is 0.303 e. The van der Waals surface area contributed by atoms with Crippen LogP contribution in [0.3, 0.4) is 0 Å². The number of carboxylic acids is 1. The van der Waals surface area contributed by atoms with E-state index >= 15 is 0 Å². The van der Waals surface area contributed by atoms with Crippen molar-refractivity contribution in [3.8, 4) is 6.07 Å².